The first-order valence-electron chi connectivity index (χ1n) is 43.3. The third-order valence-electron chi connectivity index (χ3n) is 25.1. The van der Waals surface area contributed by atoms with Crippen molar-refractivity contribution < 1.29 is 0 Å². The zero-order chi connectivity index (χ0) is 85.0. The molecule has 0 unspecified atom stereocenters. The minimum atomic E-state index is -0.0594. The lowest BCUT2D eigenvalue weighted by Gasteiger charge is -2.44. The van der Waals surface area contributed by atoms with Crippen molar-refractivity contribution >= 4 is 124 Å². The molecule has 20 aromatic rings. The van der Waals surface area contributed by atoms with Gasteiger partial charge in [-0.2, -0.15) is 0 Å². The highest BCUT2D eigenvalue weighted by Gasteiger charge is 2.43. The molecule has 12 heteroatoms. The Morgan fingerprint density at radius 2 is 0.693 bits per heavy atom. The van der Waals surface area contributed by atoms with Crippen LogP contribution < -0.4 is 36.0 Å². The van der Waals surface area contributed by atoms with E-state index in [-0.39, 0.29) is 14.1 Å². The summed E-state index contributed by atoms with van der Waals surface area (Å²) in [6, 6.07) is 135. The zero-order valence-electron chi connectivity index (χ0n) is 71.2. The van der Waals surface area contributed by atoms with E-state index in [0.717, 1.165) is 114 Å². The molecule has 0 spiro atoms. The monoisotopic (exact) mass is 1660 g/mol. The molecule has 127 heavy (non-hydrogen) atoms. The Hall–Kier alpha value is -15.2. The molecule has 0 amide bonds. The van der Waals surface area contributed by atoms with E-state index in [2.05, 4.69) is 446 Å². The van der Waals surface area contributed by atoms with Crippen LogP contribution in [0.3, 0.4) is 0 Å². The van der Waals surface area contributed by atoms with Gasteiger partial charge >= 0.3 is 0 Å². The smallest absolute Gasteiger partial charge is 0.252 e. The number of anilines is 8. The molecule has 2 aliphatic heterocycles. The number of imidazole rings is 2. The molecule has 4 aromatic heterocycles. The Balaban J connectivity index is 0.000000159. The Labute approximate surface area is 748 Å². The predicted molar refractivity (Wildman–Crippen MR) is 534 cm³/mol. The number of hydrogen-bond donors (Lipinski definition) is 0. The van der Waals surface area contributed by atoms with E-state index in [0.29, 0.717) is 18.1 Å². The van der Waals surface area contributed by atoms with Crippen LogP contribution in [-0.2, 0) is 26.2 Å². The van der Waals surface area contributed by atoms with Crippen LogP contribution >= 0.6 is 11.6 Å². The molecule has 0 atom stereocenters. The van der Waals surface area contributed by atoms with Crippen molar-refractivity contribution in [1.82, 2.24) is 29.1 Å². The summed E-state index contributed by atoms with van der Waals surface area (Å²) in [7, 11) is 0. The Bertz CT molecular complexity index is 7450. The van der Waals surface area contributed by atoms with E-state index in [1.54, 1.807) is 0 Å². The lowest BCUT2D eigenvalue weighted by molar-refractivity contribution is 0.958. The third kappa shape index (κ3) is 15.1. The van der Waals surface area contributed by atoms with Gasteiger partial charge in [-0.25, -0.2) is 9.97 Å². The summed E-state index contributed by atoms with van der Waals surface area (Å²) in [6.45, 7) is 15.8. The van der Waals surface area contributed by atoms with Gasteiger partial charge in [-0.1, -0.05) is 291 Å². The molecular formula is C115H94BClN10. The van der Waals surface area contributed by atoms with Gasteiger partial charge in [0.05, 0.1) is 61.2 Å². The Morgan fingerprint density at radius 1 is 0.323 bits per heavy atom. The number of fused-ring (bicyclic) bond motifs is 8. The largest absolute Gasteiger partial charge is 0.338 e. The summed E-state index contributed by atoms with van der Waals surface area (Å²) in [5, 5.41) is 5.30. The van der Waals surface area contributed by atoms with Crippen LogP contribution in [-0.4, -0.2) is 35.8 Å². The zero-order valence-corrected chi connectivity index (χ0v) is 72.0. The van der Waals surface area contributed by atoms with Crippen molar-refractivity contribution in [2.75, 3.05) is 19.6 Å². The number of rotatable bonds is 18. The highest BCUT2D eigenvalue weighted by atomic mass is 35.5. The minimum absolute atomic E-state index is 0. The molecule has 0 bridgehead atoms. The topological polar surface area (TPSA) is 74.4 Å². The molecule has 22 rings (SSSR count). The van der Waals surface area contributed by atoms with E-state index in [1.165, 1.54) is 117 Å². The van der Waals surface area contributed by atoms with Crippen LogP contribution in [0.1, 0.15) is 63.1 Å². The van der Waals surface area contributed by atoms with E-state index >= 15 is 0 Å². The molecule has 2 aliphatic rings. The first kappa shape index (κ1) is 80.3. The summed E-state index contributed by atoms with van der Waals surface area (Å²) >= 11 is 7.72. The molecule has 0 radical (unpaired) electrons. The molecule has 16 aromatic carbocycles. The molecule has 6 heterocycles. The molecule has 614 valence electrons. The lowest BCUT2D eigenvalue weighted by Crippen LogP contribution is -2.62. The van der Waals surface area contributed by atoms with Crippen molar-refractivity contribution in [3.63, 3.8) is 0 Å². The van der Waals surface area contributed by atoms with Crippen molar-refractivity contribution in [2.45, 2.75) is 75.1 Å². The second kappa shape index (κ2) is 34.2. The summed E-state index contributed by atoms with van der Waals surface area (Å²) in [6.07, 6.45) is 3.83. The van der Waals surface area contributed by atoms with Gasteiger partial charge in [-0.05, 0) is 228 Å². The molecule has 0 saturated carbocycles. The van der Waals surface area contributed by atoms with Crippen molar-refractivity contribution in [3.05, 3.63) is 449 Å². The molecule has 10 nitrogen and oxygen atoms in total. The Morgan fingerprint density at radius 3 is 1.16 bits per heavy atom. The number of aromatic nitrogens is 6. The third-order valence-corrected chi connectivity index (χ3v) is 25.5. The molecule has 0 N–H and O–H groups in total. The van der Waals surface area contributed by atoms with Gasteiger partial charge in [-0.15, -0.1) is 0 Å². The number of nitrogens with zero attached hydrogens (tertiary/aromatic N) is 10. The maximum atomic E-state index is 7.72. The summed E-state index contributed by atoms with van der Waals surface area (Å²) in [5.41, 5.74) is 37.7. The lowest BCUT2D eigenvalue weighted by atomic mass is 9.33. The van der Waals surface area contributed by atoms with Crippen molar-refractivity contribution in [1.29, 1.82) is 0 Å². The van der Waals surface area contributed by atoms with Crippen LogP contribution in [0.25, 0.3) is 100 Å². The van der Waals surface area contributed by atoms with Gasteiger partial charge < -0.3 is 19.6 Å². The van der Waals surface area contributed by atoms with E-state index < -0.39 is 0 Å². The summed E-state index contributed by atoms with van der Waals surface area (Å²) in [4.78, 5) is 30.2. The van der Waals surface area contributed by atoms with Gasteiger partial charge in [-0.3, -0.25) is 19.1 Å². The number of aryl methyl sites for hydroxylation is 6. The van der Waals surface area contributed by atoms with Crippen LogP contribution in [0.15, 0.2) is 389 Å². The van der Waals surface area contributed by atoms with Crippen molar-refractivity contribution in [3.8, 4) is 56.7 Å². The van der Waals surface area contributed by atoms with Gasteiger partial charge in [0.1, 0.15) is 11.6 Å². The molecule has 0 fully saturated rings. The van der Waals surface area contributed by atoms with Crippen LogP contribution in [0.2, 0.25) is 5.02 Å². The highest BCUT2D eigenvalue weighted by molar-refractivity contribution is 7.00. The number of benzene rings is 16. The summed E-state index contributed by atoms with van der Waals surface area (Å²) in [5.74, 6) is 1.85. The number of pyridine rings is 2. The van der Waals surface area contributed by atoms with Gasteiger partial charge in [0.15, 0.2) is 0 Å². The van der Waals surface area contributed by atoms with Crippen LogP contribution in [0.5, 0.6) is 0 Å². The maximum absolute atomic E-state index is 7.72. The number of para-hydroxylation sites is 4. The highest BCUT2D eigenvalue weighted by Crippen LogP contribution is 2.47. The fourth-order valence-electron chi connectivity index (χ4n) is 19.6. The first-order valence-corrected chi connectivity index (χ1v) is 43.7. The van der Waals surface area contributed by atoms with Crippen LogP contribution in [0.4, 0.5) is 45.5 Å². The fraction of sp³-hybridized carbons (Fsp3) is 0.0957. The predicted octanol–water partition coefficient (Wildman–Crippen LogP) is 27.5. The SMILES string of the molecule is C.Cc1cc(C)c(-n2c(-c3ccc(N(Cc4ccccc4)c4cccc(N(Cc5ccccc5)c5ccc(-c6nccc7ccccc67)cc5)c4Cl)cc3)nc3ccccc32)c(C)c1.Cc1cc(C)c(-n2c(-c3ccc4c(c3)B3c5cc(-c6nccc7ccccc67)ccc5N(Cc5ccccc5)c5cccc(c53)N4Cc3ccccc3)nc3ccccc32)c(C)c1. The fourth-order valence-corrected chi connectivity index (χ4v) is 19.9. The second-order valence-corrected chi connectivity index (χ2v) is 33.8. The normalized spacial score (nSPS) is 11.9. The number of hydrogen-bond acceptors (Lipinski definition) is 8. The average molecular weight is 1660 g/mol. The van der Waals surface area contributed by atoms with E-state index in [4.69, 9.17) is 31.5 Å². The first-order chi connectivity index (χ1) is 61.9. The van der Waals surface area contributed by atoms with E-state index in [9.17, 15) is 0 Å². The maximum Gasteiger partial charge on any atom is 0.252 e. The molecular weight excluding hydrogens is 1570 g/mol. The quantitative estimate of drug-likeness (QED) is 0.0787. The van der Waals surface area contributed by atoms with Crippen LogP contribution in [0, 0.1) is 41.5 Å². The van der Waals surface area contributed by atoms with Gasteiger partial charge in [0.2, 0.25) is 0 Å². The van der Waals surface area contributed by atoms with Gasteiger partial charge in [0, 0.05) is 106 Å². The minimum Gasteiger partial charge on any atom is -0.338 e. The standard InChI is InChI=1S/C57H44BN5.C57H46ClN5.CH4/c1-37-31-38(2)56(39(3)32-37)63-51-22-13-12-21-48(51)60-57(63)44-26-28-50-47(34-44)58-46-33-43(55-45-20-11-10-19-42(45)29-30-59-55)25-27-49(46)61(35-40-15-6-4-7-16-40)52-23-14-24-53(54(52)58)62(50)36-41-17-8-5-9-18-41;1-39-35-40(2)56(41(3)36-39)63-51-22-13-12-21-50(51)60-57(63)46-27-31-48(32-28-46)62(38-43-17-8-5-9-18-43)53-24-14-23-52(54(53)58)61(37-42-15-6-4-7-16-42)47-29-25-45(26-30-47)55-49-20-11-10-19-44(49)33-34-59-55;/h4-34H,35-36H2,1-3H3;4-36H,37-38H2,1-3H3;1H4. The molecule has 0 aliphatic carbocycles. The van der Waals surface area contributed by atoms with E-state index in [1.807, 2.05) is 12.4 Å². The van der Waals surface area contributed by atoms with Crippen molar-refractivity contribution in [2.24, 2.45) is 0 Å². The van der Waals surface area contributed by atoms with Gasteiger partial charge in [0.25, 0.3) is 6.71 Å². The second-order valence-electron chi connectivity index (χ2n) is 33.5. The molecule has 0 saturated heterocycles. The summed E-state index contributed by atoms with van der Waals surface area (Å²) < 4.78 is 4.72. The number of halogens is 1. The average Bonchev–Trinajstić information content (AvgIpc) is 1.09. The Kier molecular flexibility index (Phi) is 21.6.